The molecule has 4 aromatic heterocycles. The number of fused-ring (bicyclic) bond motifs is 6. The number of anilines is 1. The van der Waals surface area contributed by atoms with E-state index in [-0.39, 0.29) is 23.8 Å². The van der Waals surface area contributed by atoms with Gasteiger partial charge < -0.3 is 33.2 Å². The van der Waals surface area contributed by atoms with Gasteiger partial charge in [0.25, 0.3) is 5.91 Å². The number of nitrogens with zero attached hydrogens (tertiary/aromatic N) is 4. The largest absolute Gasteiger partial charge is 0.468 e. The van der Waals surface area contributed by atoms with Crippen molar-refractivity contribution in [2.75, 3.05) is 31.6 Å². The third-order valence-electron chi connectivity index (χ3n) is 7.91. The number of furan rings is 1. The van der Waals surface area contributed by atoms with Crippen LogP contribution in [0.25, 0.3) is 55.8 Å². The number of aromatic nitrogens is 3. The fourth-order valence-corrected chi connectivity index (χ4v) is 5.98. The summed E-state index contributed by atoms with van der Waals surface area (Å²) in [6.07, 6.45) is -4.07. The number of nitrogens with one attached hydrogen (secondary N) is 1. The van der Waals surface area contributed by atoms with Crippen LogP contribution in [0.3, 0.4) is 0 Å². The van der Waals surface area contributed by atoms with E-state index < -0.39 is 30.7 Å². The molecule has 246 valence electrons. The molecule has 2 aromatic carbocycles. The molecule has 5 heterocycles. The van der Waals surface area contributed by atoms with E-state index in [2.05, 4.69) is 23.1 Å². The molecule has 2 N–H and O–H groups in total. The molecule has 10 nitrogen and oxygen atoms in total. The molecule has 6 aromatic rings. The minimum atomic E-state index is -4.53. The highest BCUT2D eigenvalue weighted by molar-refractivity contribution is 7.81. The number of amides is 1. The molecule has 0 spiro atoms. The van der Waals surface area contributed by atoms with E-state index >= 15 is 0 Å². The predicted molar refractivity (Wildman–Crippen MR) is 173 cm³/mol. The zero-order chi connectivity index (χ0) is 33.9. The topological polar surface area (TPSA) is 115 Å². The van der Waals surface area contributed by atoms with Crippen molar-refractivity contribution in [3.63, 3.8) is 0 Å². The van der Waals surface area contributed by atoms with Gasteiger partial charge in [-0.15, -0.1) is 0 Å². The van der Waals surface area contributed by atoms with Crippen LogP contribution in [-0.2, 0) is 0 Å². The van der Waals surface area contributed by atoms with Gasteiger partial charge in [0.15, 0.2) is 12.8 Å². The normalized spacial score (nSPS) is 14.0. The van der Waals surface area contributed by atoms with Crippen molar-refractivity contribution >= 4 is 46.3 Å². The molecule has 0 saturated heterocycles. The van der Waals surface area contributed by atoms with Crippen molar-refractivity contribution in [3.8, 4) is 45.6 Å². The second-order valence-electron chi connectivity index (χ2n) is 10.9. The third-order valence-corrected chi connectivity index (χ3v) is 8.12. The molecule has 1 aliphatic rings. The second-order valence-corrected chi connectivity index (χ2v) is 11.5. The lowest BCUT2D eigenvalue weighted by atomic mass is 10.0. The highest BCUT2D eigenvalue weighted by atomic mass is 32.1. The van der Waals surface area contributed by atoms with E-state index in [1.165, 1.54) is 31.4 Å². The van der Waals surface area contributed by atoms with Gasteiger partial charge in [-0.25, -0.2) is 14.4 Å². The van der Waals surface area contributed by atoms with Gasteiger partial charge in [-0.05, 0) is 42.5 Å². The van der Waals surface area contributed by atoms with Crippen molar-refractivity contribution in [2.24, 2.45) is 0 Å². The summed E-state index contributed by atoms with van der Waals surface area (Å²) in [5.41, 5.74) is 3.90. The number of carbonyl (C=O) groups excluding carboxylic acids is 1. The fraction of sp³-hybridized carbons (Fsp3) is 0.182. The maximum Gasteiger partial charge on any atom is 0.422 e. The third kappa shape index (κ3) is 5.34. The molecular formula is C33H25F4N5O5S. The van der Waals surface area contributed by atoms with Crippen LogP contribution >= 0.6 is 12.8 Å². The van der Waals surface area contributed by atoms with Crippen LogP contribution in [0.1, 0.15) is 16.6 Å². The van der Waals surface area contributed by atoms with Gasteiger partial charge in [0, 0.05) is 54.3 Å². The Balaban J connectivity index is 1.37. The van der Waals surface area contributed by atoms with E-state index in [1.807, 2.05) is 0 Å². The van der Waals surface area contributed by atoms with Gasteiger partial charge in [0.2, 0.25) is 5.88 Å². The number of benzene rings is 2. The number of carbonyl (C=O) groups is 1. The van der Waals surface area contributed by atoms with E-state index in [0.717, 1.165) is 0 Å². The molecule has 1 atom stereocenters. The molecule has 1 aliphatic heterocycles. The van der Waals surface area contributed by atoms with Crippen LogP contribution in [0.4, 0.5) is 23.2 Å². The second kappa shape index (κ2) is 11.8. The molecule has 1 unspecified atom stereocenters. The van der Waals surface area contributed by atoms with Crippen molar-refractivity contribution in [1.82, 2.24) is 19.9 Å². The predicted octanol–water partition coefficient (Wildman–Crippen LogP) is 6.78. The summed E-state index contributed by atoms with van der Waals surface area (Å²) in [5.74, 6) is -0.624. The molecule has 0 aliphatic carbocycles. The Kier molecular flexibility index (Phi) is 7.67. The van der Waals surface area contributed by atoms with Gasteiger partial charge in [-0.2, -0.15) is 13.2 Å². The standard InChI is InChI=1S/C33H25F4N5O5S/c1-38-32(44)29-19-10-18(23(41(2)48)12-26(19)47-31(29)16-6-9-27(39-13-16)45-15-33(35,36)37)21-7-8-25-30(40-21)24-11-17-20(34)4-3-5-22(17)42(24)28(14-43)46-25/h3-13,28,43,48H,14-15H2,1-2H3,(H,38,44). The number of hydrogen-bond donors (Lipinski definition) is 3. The summed E-state index contributed by atoms with van der Waals surface area (Å²) in [5, 5.41) is 13.5. The van der Waals surface area contributed by atoms with Gasteiger partial charge >= 0.3 is 6.18 Å². The number of rotatable bonds is 7. The molecule has 1 amide bonds. The molecule has 7 rings (SSSR count). The maximum absolute atomic E-state index is 14.8. The summed E-state index contributed by atoms with van der Waals surface area (Å²) >= 11 is 4.54. The first kappa shape index (κ1) is 31.3. The zero-order valence-corrected chi connectivity index (χ0v) is 26.1. The Morgan fingerprint density at radius 3 is 2.65 bits per heavy atom. The quantitative estimate of drug-likeness (QED) is 0.125. The summed E-state index contributed by atoms with van der Waals surface area (Å²) in [6.45, 7) is -1.86. The molecule has 0 bridgehead atoms. The van der Waals surface area contributed by atoms with Gasteiger partial charge in [0.1, 0.15) is 28.6 Å². The van der Waals surface area contributed by atoms with Crippen molar-refractivity contribution in [2.45, 2.75) is 12.4 Å². The summed E-state index contributed by atoms with van der Waals surface area (Å²) in [7, 11) is 3.16. The lowest BCUT2D eigenvalue weighted by Crippen LogP contribution is -2.24. The average Bonchev–Trinajstić information content (AvgIpc) is 3.66. The number of hydrogen-bond acceptors (Lipinski definition) is 9. The molecule has 15 heteroatoms. The van der Waals surface area contributed by atoms with Crippen molar-refractivity contribution in [3.05, 3.63) is 78.2 Å². The SMILES string of the molecule is CNC(=O)c1c(-c2ccc(OCC(F)(F)F)nc2)oc2cc(N(C)S)c(-c3ccc4c(n3)-c3cc5c(F)cccc5n3C(CO)O4)cc12. The highest BCUT2D eigenvalue weighted by Gasteiger charge is 2.31. The zero-order valence-electron chi connectivity index (χ0n) is 25.2. The van der Waals surface area contributed by atoms with Crippen LogP contribution < -0.4 is 19.1 Å². The number of aliphatic hydroxyl groups excluding tert-OH is 1. The number of ether oxygens (including phenoxy) is 2. The Morgan fingerprint density at radius 1 is 1.15 bits per heavy atom. The minimum Gasteiger partial charge on any atom is -0.468 e. The molecule has 0 radical (unpaired) electrons. The van der Waals surface area contributed by atoms with Gasteiger partial charge in [0.05, 0.1) is 34.8 Å². The number of pyridine rings is 2. The van der Waals surface area contributed by atoms with Crippen LogP contribution in [-0.4, -0.2) is 59.0 Å². The summed E-state index contributed by atoms with van der Waals surface area (Å²) in [4.78, 5) is 22.2. The van der Waals surface area contributed by atoms with E-state index in [1.54, 1.807) is 58.4 Å². The molecule has 48 heavy (non-hydrogen) atoms. The lowest BCUT2D eigenvalue weighted by Gasteiger charge is -2.28. The van der Waals surface area contributed by atoms with Crippen molar-refractivity contribution < 1.29 is 41.4 Å². The average molecular weight is 680 g/mol. The highest BCUT2D eigenvalue weighted by Crippen LogP contribution is 2.45. The van der Waals surface area contributed by atoms with Crippen LogP contribution in [0.2, 0.25) is 0 Å². The number of thiol groups is 1. The van der Waals surface area contributed by atoms with E-state index in [9.17, 15) is 27.5 Å². The van der Waals surface area contributed by atoms with Crippen molar-refractivity contribution in [1.29, 1.82) is 0 Å². The van der Waals surface area contributed by atoms with E-state index in [4.69, 9.17) is 18.9 Å². The minimum absolute atomic E-state index is 0.137. The van der Waals surface area contributed by atoms with Gasteiger partial charge in [-0.3, -0.25) is 4.79 Å². The summed E-state index contributed by atoms with van der Waals surface area (Å²) in [6, 6.07) is 15.9. The maximum atomic E-state index is 14.8. The smallest absolute Gasteiger partial charge is 0.422 e. The Hall–Kier alpha value is -5.28. The Labute approximate surface area is 275 Å². The van der Waals surface area contributed by atoms with Gasteiger partial charge in [-0.1, -0.05) is 18.9 Å². The van der Waals surface area contributed by atoms with Crippen LogP contribution in [0, 0.1) is 5.82 Å². The number of alkyl halides is 3. The van der Waals surface area contributed by atoms with Crippen LogP contribution in [0.5, 0.6) is 11.6 Å². The molecule has 0 saturated carbocycles. The first-order valence-electron chi connectivity index (χ1n) is 14.5. The number of aliphatic hydroxyl groups is 1. The number of halogens is 4. The fourth-order valence-electron chi connectivity index (χ4n) is 5.82. The Morgan fingerprint density at radius 2 is 1.96 bits per heavy atom. The first-order valence-corrected chi connectivity index (χ1v) is 14.9. The Bertz CT molecular complexity index is 2220. The van der Waals surface area contributed by atoms with Crippen LogP contribution in [0.15, 0.2) is 71.3 Å². The summed E-state index contributed by atoms with van der Waals surface area (Å²) < 4.78 is 72.9. The van der Waals surface area contributed by atoms with E-state index in [0.29, 0.717) is 61.5 Å². The molecular weight excluding hydrogens is 654 g/mol. The lowest BCUT2D eigenvalue weighted by molar-refractivity contribution is -0.154. The molecule has 0 fully saturated rings. The monoisotopic (exact) mass is 679 g/mol. The first-order chi connectivity index (χ1) is 23.0.